The first-order chi connectivity index (χ1) is 8.82. The van der Waals surface area contributed by atoms with Crippen LogP contribution in [0.1, 0.15) is 46.5 Å². The van der Waals surface area contributed by atoms with Gasteiger partial charge in [-0.15, -0.1) is 0 Å². The van der Waals surface area contributed by atoms with Crippen LogP contribution in [-0.2, 0) is 9.59 Å². The fraction of sp³-hybridized carbons (Fsp3) is 0.857. The highest BCUT2D eigenvalue weighted by Crippen LogP contribution is 2.32. The average molecular weight is 270 g/mol. The van der Waals surface area contributed by atoms with Gasteiger partial charge in [-0.2, -0.15) is 0 Å². The molecule has 19 heavy (non-hydrogen) atoms. The second kappa shape index (κ2) is 6.37. The summed E-state index contributed by atoms with van der Waals surface area (Å²) in [6, 6.07) is 0. The molecule has 0 radical (unpaired) electrons. The van der Waals surface area contributed by atoms with E-state index in [1.54, 1.807) is 0 Å². The molecule has 0 aromatic rings. The zero-order valence-corrected chi connectivity index (χ0v) is 12.1. The maximum atomic E-state index is 12.2. The smallest absolute Gasteiger partial charge is 0.329 e. The third kappa shape index (κ3) is 3.69. The molecule has 1 fully saturated rings. The maximum Gasteiger partial charge on any atom is 0.329 e. The van der Waals surface area contributed by atoms with Gasteiger partial charge in [-0.1, -0.05) is 20.8 Å². The molecule has 0 spiro atoms. The van der Waals surface area contributed by atoms with E-state index in [9.17, 15) is 14.7 Å². The van der Waals surface area contributed by atoms with Crippen LogP contribution in [-0.4, -0.2) is 29.1 Å². The Balaban J connectivity index is 2.79. The van der Waals surface area contributed by atoms with E-state index in [0.29, 0.717) is 18.8 Å². The molecule has 0 bridgehead atoms. The van der Waals surface area contributed by atoms with Crippen LogP contribution in [0.2, 0.25) is 0 Å². The van der Waals surface area contributed by atoms with Gasteiger partial charge in [-0.05, 0) is 37.5 Å². The zero-order chi connectivity index (χ0) is 14.6. The third-order valence-electron chi connectivity index (χ3n) is 4.30. The average Bonchev–Trinajstić information content (AvgIpc) is 2.32. The van der Waals surface area contributed by atoms with Crippen LogP contribution in [0.4, 0.5) is 0 Å². The van der Waals surface area contributed by atoms with E-state index in [1.165, 1.54) is 0 Å². The van der Waals surface area contributed by atoms with E-state index >= 15 is 0 Å². The molecular formula is C14H26N2O3. The Bertz CT molecular complexity index is 334. The van der Waals surface area contributed by atoms with Gasteiger partial charge in [0.1, 0.15) is 5.54 Å². The molecule has 5 heteroatoms. The fourth-order valence-corrected chi connectivity index (χ4v) is 2.66. The number of nitrogens with two attached hydrogens (primary N) is 1. The van der Waals surface area contributed by atoms with Crippen molar-refractivity contribution in [3.05, 3.63) is 0 Å². The number of hydrogen-bond donors (Lipinski definition) is 3. The molecule has 110 valence electrons. The van der Waals surface area contributed by atoms with Gasteiger partial charge in [0, 0.05) is 6.54 Å². The number of rotatable bonds is 5. The first kappa shape index (κ1) is 16.0. The SMILES string of the molecule is CC1CCC(NC(=O)C(CN)C(C)C)(C(=O)O)CC1. The molecule has 1 atom stereocenters. The van der Waals surface area contributed by atoms with E-state index in [-0.39, 0.29) is 24.3 Å². The highest BCUT2D eigenvalue weighted by molar-refractivity contribution is 5.88. The number of aliphatic carboxylic acids is 1. The van der Waals surface area contributed by atoms with Crippen molar-refractivity contribution >= 4 is 11.9 Å². The summed E-state index contributed by atoms with van der Waals surface area (Å²) in [5, 5.41) is 12.2. The van der Waals surface area contributed by atoms with E-state index in [1.807, 2.05) is 13.8 Å². The van der Waals surface area contributed by atoms with Gasteiger partial charge in [0.05, 0.1) is 5.92 Å². The van der Waals surface area contributed by atoms with Crippen LogP contribution in [0.25, 0.3) is 0 Å². The highest BCUT2D eigenvalue weighted by Gasteiger charge is 2.43. The number of amides is 1. The summed E-state index contributed by atoms with van der Waals surface area (Å²) in [4.78, 5) is 23.8. The summed E-state index contributed by atoms with van der Waals surface area (Å²) in [5.74, 6) is -0.838. The lowest BCUT2D eigenvalue weighted by molar-refractivity contribution is -0.150. The number of carbonyl (C=O) groups excluding carboxylic acids is 1. The van der Waals surface area contributed by atoms with E-state index in [4.69, 9.17) is 5.73 Å². The Hall–Kier alpha value is -1.10. The van der Waals surface area contributed by atoms with Crippen LogP contribution in [0.3, 0.4) is 0 Å². The second-order valence-corrected chi connectivity index (χ2v) is 6.15. The lowest BCUT2D eigenvalue weighted by atomic mass is 9.76. The summed E-state index contributed by atoms with van der Waals surface area (Å²) in [6.07, 6.45) is 2.68. The molecule has 0 heterocycles. The Morgan fingerprint density at radius 3 is 2.26 bits per heavy atom. The minimum atomic E-state index is -1.09. The molecular weight excluding hydrogens is 244 g/mol. The molecule has 1 rings (SSSR count). The predicted molar refractivity (Wildman–Crippen MR) is 73.5 cm³/mol. The van der Waals surface area contributed by atoms with E-state index < -0.39 is 11.5 Å². The lowest BCUT2D eigenvalue weighted by Crippen LogP contribution is -2.58. The number of hydrogen-bond acceptors (Lipinski definition) is 3. The summed E-state index contributed by atoms with van der Waals surface area (Å²) in [6.45, 7) is 6.21. The van der Waals surface area contributed by atoms with Gasteiger partial charge < -0.3 is 16.2 Å². The topological polar surface area (TPSA) is 92.4 Å². The van der Waals surface area contributed by atoms with Gasteiger partial charge in [-0.3, -0.25) is 4.79 Å². The van der Waals surface area contributed by atoms with E-state index in [0.717, 1.165) is 12.8 Å². The fourth-order valence-electron chi connectivity index (χ4n) is 2.66. The summed E-state index contributed by atoms with van der Waals surface area (Å²) < 4.78 is 0. The largest absolute Gasteiger partial charge is 0.480 e. The molecule has 0 aliphatic heterocycles. The number of carbonyl (C=O) groups is 2. The van der Waals surface area contributed by atoms with Crippen molar-refractivity contribution in [1.82, 2.24) is 5.32 Å². The standard InChI is InChI=1S/C14H26N2O3/c1-9(2)11(8-15)12(17)16-14(13(18)19)6-4-10(3)5-7-14/h9-11H,4-8,15H2,1-3H3,(H,16,17)(H,18,19). The molecule has 1 aliphatic carbocycles. The number of carboxylic acid groups (broad SMARTS) is 1. The van der Waals surface area contributed by atoms with Gasteiger partial charge in [0.25, 0.3) is 0 Å². The minimum absolute atomic E-state index is 0.110. The van der Waals surface area contributed by atoms with Crippen molar-refractivity contribution in [3.8, 4) is 0 Å². The summed E-state index contributed by atoms with van der Waals surface area (Å²) in [5.41, 5.74) is 4.52. The van der Waals surface area contributed by atoms with Crippen molar-refractivity contribution in [2.24, 2.45) is 23.5 Å². The third-order valence-corrected chi connectivity index (χ3v) is 4.30. The predicted octanol–water partition coefficient (Wildman–Crippen LogP) is 1.37. The van der Waals surface area contributed by atoms with Crippen molar-refractivity contribution < 1.29 is 14.7 Å². The van der Waals surface area contributed by atoms with Crippen molar-refractivity contribution in [3.63, 3.8) is 0 Å². The highest BCUT2D eigenvalue weighted by atomic mass is 16.4. The molecule has 1 saturated carbocycles. The lowest BCUT2D eigenvalue weighted by Gasteiger charge is -2.37. The molecule has 1 unspecified atom stereocenters. The summed E-state index contributed by atoms with van der Waals surface area (Å²) in [7, 11) is 0. The normalized spacial score (nSPS) is 29.0. The first-order valence-electron chi connectivity index (χ1n) is 7.08. The van der Waals surface area contributed by atoms with Crippen LogP contribution in [0.15, 0.2) is 0 Å². The Labute approximate surface area is 114 Å². The number of nitrogens with one attached hydrogen (secondary N) is 1. The van der Waals surface area contributed by atoms with Crippen LogP contribution in [0.5, 0.6) is 0 Å². The molecule has 0 aromatic carbocycles. The molecule has 4 N–H and O–H groups in total. The maximum absolute atomic E-state index is 12.2. The molecule has 0 aromatic heterocycles. The second-order valence-electron chi connectivity index (χ2n) is 6.15. The van der Waals surface area contributed by atoms with Crippen LogP contribution < -0.4 is 11.1 Å². The van der Waals surface area contributed by atoms with Crippen LogP contribution in [0, 0.1) is 17.8 Å². The van der Waals surface area contributed by atoms with Crippen LogP contribution >= 0.6 is 0 Å². The minimum Gasteiger partial charge on any atom is -0.480 e. The summed E-state index contributed by atoms with van der Waals surface area (Å²) >= 11 is 0. The Morgan fingerprint density at radius 2 is 1.89 bits per heavy atom. The molecule has 1 aliphatic rings. The molecule has 5 nitrogen and oxygen atoms in total. The molecule has 0 saturated heterocycles. The Morgan fingerprint density at radius 1 is 1.37 bits per heavy atom. The number of carboxylic acids is 1. The van der Waals surface area contributed by atoms with Gasteiger partial charge in [0.2, 0.25) is 5.91 Å². The van der Waals surface area contributed by atoms with Gasteiger partial charge in [-0.25, -0.2) is 4.79 Å². The van der Waals surface area contributed by atoms with Crippen molar-refractivity contribution in [2.45, 2.75) is 52.0 Å². The quantitative estimate of drug-likeness (QED) is 0.703. The first-order valence-corrected chi connectivity index (χ1v) is 7.08. The van der Waals surface area contributed by atoms with Gasteiger partial charge >= 0.3 is 5.97 Å². The zero-order valence-electron chi connectivity index (χ0n) is 12.1. The van der Waals surface area contributed by atoms with Crippen molar-refractivity contribution in [1.29, 1.82) is 0 Å². The Kier molecular flexibility index (Phi) is 5.35. The van der Waals surface area contributed by atoms with Gasteiger partial charge in [0.15, 0.2) is 0 Å². The monoisotopic (exact) mass is 270 g/mol. The van der Waals surface area contributed by atoms with Crippen molar-refractivity contribution in [2.75, 3.05) is 6.54 Å². The van der Waals surface area contributed by atoms with E-state index in [2.05, 4.69) is 12.2 Å². The molecule has 1 amide bonds.